The van der Waals surface area contributed by atoms with Gasteiger partial charge in [0.05, 0.1) is 27.9 Å². The van der Waals surface area contributed by atoms with Gasteiger partial charge in [0.15, 0.2) is 0 Å². The monoisotopic (exact) mass is 724 g/mol. The smallest absolute Gasteiger partial charge is 0.870 e. The van der Waals surface area contributed by atoms with Crippen LogP contribution in [-0.4, -0.2) is 58.9 Å². The quantitative estimate of drug-likeness (QED) is 0.363. The van der Waals surface area contributed by atoms with E-state index in [1.807, 2.05) is 13.8 Å². The molecule has 2 aromatic carbocycles. The average Bonchev–Trinajstić information content (AvgIpc) is 3.46. The van der Waals surface area contributed by atoms with E-state index in [0.717, 1.165) is 66.4 Å². The second-order valence-electron chi connectivity index (χ2n) is 16.4. The summed E-state index contributed by atoms with van der Waals surface area (Å²) in [5.41, 5.74) is 13.0. The van der Waals surface area contributed by atoms with Crippen molar-refractivity contribution >= 4 is 23.0 Å². The summed E-state index contributed by atoms with van der Waals surface area (Å²) in [7, 11) is 3.52. The first kappa shape index (κ1) is 43.9. The van der Waals surface area contributed by atoms with Crippen LogP contribution in [0.1, 0.15) is 128 Å². The maximum absolute atomic E-state index is 13.0. The van der Waals surface area contributed by atoms with Crippen molar-refractivity contribution in [3.8, 4) is 0 Å². The van der Waals surface area contributed by atoms with Crippen LogP contribution in [0.15, 0.2) is 23.5 Å². The van der Waals surface area contributed by atoms with Crippen LogP contribution in [0.4, 0.5) is 0 Å². The van der Waals surface area contributed by atoms with Gasteiger partial charge >= 0.3 is 29.6 Å². The van der Waals surface area contributed by atoms with Crippen LogP contribution in [-0.2, 0) is 19.1 Å². The van der Waals surface area contributed by atoms with Gasteiger partial charge in [0.1, 0.15) is 5.76 Å². The minimum Gasteiger partial charge on any atom is -0.870 e. The van der Waals surface area contributed by atoms with Crippen LogP contribution in [0.3, 0.4) is 0 Å². The number of rotatable bonds is 4. The Bertz CT molecular complexity index is 1670. The fraction of sp³-hybridized carbons (Fsp3) is 0.581. The van der Waals surface area contributed by atoms with Crippen LogP contribution in [0.25, 0.3) is 11.1 Å². The molecule has 0 radical (unpaired) electrons. The van der Waals surface area contributed by atoms with E-state index in [9.17, 15) is 14.7 Å². The second-order valence-corrected chi connectivity index (χ2v) is 16.4. The molecule has 52 heavy (non-hydrogen) atoms. The third kappa shape index (κ3) is 7.45. The third-order valence-corrected chi connectivity index (χ3v) is 13.5. The topological polar surface area (TPSA) is 127 Å². The number of benzene rings is 2. The van der Waals surface area contributed by atoms with Crippen molar-refractivity contribution in [1.29, 1.82) is 0 Å². The van der Waals surface area contributed by atoms with Gasteiger partial charge in [-0.1, -0.05) is 12.1 Å². The number of carbonyl (C=O) groups excluding carboxylic acids is 2. The van der Waals surface area contributed by atoms with E-state index < -0.39 is 5.54 Å². The molecule has 6 rings (SSSR count). The third-order valence-electron chi connectivity index (χ3n) is 13.5. The van der Waals surface area contributed by atoms with Crippen LogP contribution in [0.5, 0.6) is 0 Å². The van der Waals surface area contributed by atoms with Crippen molar-refractivity contribution in [2.45, 2.75) is 150 Å². The maximum atomic E-state index is 13.0. The van der Waals surface area contributed by atoms with Crippen molar-refractivity contribution in [3.63, 3.8) is 0 Å². The minimum atomic E-state index is -0.637. The fourth-order valence-electron chi connectivity index (χ4n) is 9.02. The molecular weight excluding hydrogens is 663 g/mol. The van der Waals surface area contributed by atoms with Gasteiger partial charge in [0.2, 0.25) is 0 Å². The van der Waals surface area contributed by atoms with E-state index >= 15 is 0 Å². The minimum absolute atomic E-state index is 0. The Morgan fingerprint density at radius 2 is 0.904 bits per heavy atom. The molecule has 2 amide bonds. The molecule has 0 unspecified atom stereocenters. The zero-order chi connectivity index (χ0) is 37.1. The molecule has 280 valence electrons. The molecule has 4 N–H and O–H groups in total. The molecule has 0 saturated heterocycles. The Morgan fingerprint density at radius 3 is 1.31 bits per heavy atom. The van der Waals surface area contributed by atoms with Gasteiger partial charge in [-0.05, 0) is 189 Å². The van der Waals surface area contributed by atoms with Crippen molar-refractivity contribution in [3.05, 3.63) is 79.1 Å². The van der Waals surface area contributed by atoms with Crippen molar-refractivity contribution in [2.75, 3.05) is 14.2 Å². The average molecular weight is 725 g/mol. The van der Waals surface area contributed by atoms with Gasteiger partial charge in [-0.25, -0.2) is 0 Å². The summed E-state index contributed by atoms with van der Waals surface area (Å²) in [6.45, 7) is 23.2. The predicted octanol–water partition coefficient (Wildman–Crippen LogP) is 5.41. The largest absolute Gasteiger partial charge is 1.00 e. The summed E-state index contributed by atoms with van der Waals surface area (Å²) >= 11 is 0. The predicted molar refractivity (Wildman–Crippen MR) is 204 cm³/mol. The number of amides is 2. The fourth-order valence-corrected chi connectivity index (χ4v) is 9.02. The molecule has 2 saturated carbocycles. The number of aliphatic hydroxyl groups is 1. The van der Waals surface area contributed by atoms with E-state index in [-0.39, 0.29) is 69.3 Å². The van der Waals surface area contributed by atoms with Crippen LogP contribution >= 0.6 is 0 Å². The first-order valence-corrected chi connectivity index (χ1v) is 18.3. The van der Waals surface area contributed by atoms with Gasteiger partial charge in [-0.3, -0.25) is 9.59 Å². The molecule has 0 aromatic heterocycles. The molecule has 2 aromatic rings. The van der Waals surface area contributed by atoms with E-state index in [4.69, 9.17) is 9.47 Å². The molecular formula is C43H61N2NaO6. The van der Waals surface area contributed by atoms with E-state index in [2.05, 4.69) is 85.1 Å². The summed E-state index contributed by atoms with van der Waals surface area (Å²) < 4.78 is 11.3. The Morgan fingerprint density at radius 1 is 0.558 bits per heavy atom. The van der Waals surface area contributed by atoms with E-state index in [0.29, 0.717) is 18.4 Å². The number of ether oxygens (including phenoxy) is 2. The van der Waals surface area contributed by atoms with Crippen LogP contribution in [0.2, 0.25) is 0 Å². The Balaban J connectivity index is 0.000000270. The van der Waals surface area contributed by atoms with Gasteiger partial charge < -0.3 is 30.7 Å². The van der Waals surface area contributed by atoms with Crippen molar-refractivity contribution in [1.82, 2.24) is 10.6 Å². The van der Waals surface area contributed by atoms with E-state index in [1.54, 1.807) is 14.2 Å². The van der Waals surface area contributed by atoms with E-state index in [1.165, 1.54) is 39.0 Å². The molecule has 2 spiro atoms. The Hall–Kier alpha value is -2.46. The number of aliphatic hydroxyl groups excluding tert-OH is 1. The SMILES string of the molecule is COC1(C)CCC2(CC1)NC(=O)C(c1c(C)cc(C)c(C)c1C)=C2C.COC1(C)CCC2(CC1)NC(=O)C(c1c(C)cc(C)c(C)c1C)=C2O.[Na+].[OH-]. The summed E-state index contributed by atoms with van der Waals surface area (Å²) in [6.07, 6.45) is 6.85. The van der Waals surface area contributed by atoms with Gasteiger partial charge in [0, 0.05) is 19.8 Å². The molecule has 0 atom stereocenters. The molecule has 2 aliphatic heterocycles. The molecule has 2 heterocycles. The van der Waals surface area contributed by atoms with Gasteiger partial charge in [-0.15, -0.1) is 0 Å². The Kier molecular flexibility index (Phi) is 13.3. The number of aryl methyl sites for hydroxylation is 4. The number of nitrogens with one attached hydrogen (secondary N) is 2. The first-order chi connectivity index (χ1) is 23.3. The summed E-state index contributed by atoms with van der Waals surface area (Å²) in [4.78, 5) is 25.8. The molecule has 2 fully saturated rings. The Labute approximate surface area is 334 Å². The number of methoxy groups -OCH3 is 2. The van der Waals surface area contributed by atoms with Crippen molar-refractivity contribution < 1.29 is 59.2 Å². The van der Waals surface area contributed by atoms with Gasteiger partial charge in [0.25, 0.3) is 11.8 Å². The number of hydrogen-bond donors (Lipinski definition) is 3. The molecule has 4 aliphatic rings. The zero-order valence-corrected chi connectivity index (χ0v) is 36.3. The summed E-state index contributed by atoms with van der Waals surface area (Å²) in [5, 5.41) is 17.5. The molecule has 8 nitrogen and oxygen atoms in total. The number of hydrogen-bond acceptors (Lipinski definition) is 6. The maximum Gasteiger partial charge on any atom is 1.00 e. The van der Waals surface area contributed by atoms with Crippen LogP contribution in [0, 0.1) is 55.4 Å². The standard InChI is InChI=1S/C22H31NO2.C21H29NO3.Na.H2O/c1-13-12-14(2)18(16(4)15(13)3)19-17(5)22(23-20(19)24)10-8-21(6,25-7)9-11-22;1-12-11-13(2)16(15(4)14(12)3)17-18(23)21(22-19(17)24)9-7-20(5,25-6)8-10-21;;/h12H,8-11H2,1-7H3,(H,23,24);11,23H,7-10H2,1-6H3,(H,22,24);;1H2/q;;+1;/p-1. The normalized spacial score (nSPS) is 28.3. The van der Waals surface area contributed by atoms with Gasteiger partial charge in [-0.2, -0.15) is 0 Å². The number of carbonyl (C=O) groups is 2. The van der Waals surface area contributed by atoms with Crippen LogP contribution < -0.4 is 40.2 Å². The second kappa shape index (κ2) is 15.7. The van der Waals surface area contributed by atoms with Crippen molar-refractivity contribution in [2.24, 2.45) is 0 Å². The molecule has 9 heteroatoms. The zero-order valence-electron chi connectivity index (χ0n) is 34.3. The summed E-state index contributed by atoms with van der Waals surface area (Å²) in [5.74, 6) is 0.144. The molecule has 0 bridgehead atoms. The molecule has 2 aliphatic carbocycles. The first-order valence-electron chi connectivity index (χ1n) is 18.3. The summed E-state index contributed by atoms with van der Waals surface area (Å²) in [6, 6.07) is 4.30.